The van der Waals surface area contributed by atoms with E-state index in [2.05, 4.69) is 31.0 Å². The van der Waals surface area contributed by atoms with Crippen LogP contribution in [-0.2, 0) is 0 Å². The van der Waals surface area contributed by atoms with Crippen molar-refractivity contribution in [2.45, 2.75) is 58.0 Å². The van der Waals surface area contributed by atoms with Gasteiger partial charge in [-0.05, 0) is 19.8 Å². The third kappa shape index (κ3) is 2.07. The summed E-state index contributed by atoms with van der Waals surface area (Å²) in [7, 11) is 0. The highest BCUT2D eigenvalue weighted by molar-refractivity contribution is 5.02. The van der Waals surface area contributed by atoms with Crippen LogP contribution in [0.5, 0.6) is 0 Å². The maximum Gasteiger partial charge on any atom is 0.0247 e. The van der Waals surface area contributed by atoms with Crippen molar-refractivity contribution in [3.63, 3.8) is 0 Å². The summed E-state index contributed by atoms with van der Waals surface area (Å²) >= 11 is 0. The Morgan fingerprint density at radius 1 is 1.20 bits per heavy atom. The zero-order valence-electron chi connectivity index (χ0n) is 10.6. The normalized spacial score (nSPS) is 31.4. The molecule has 2 heteroatoms. The first kappa shape index (κ1) is 11.4. The molecule has 2 aliphatic heterocycles. The van der Waals surface area contributed by atoms with Crippen LogP contribution in [0.15, 0.2) is 0 Å². The zero-order valence-corrected chi connectivity index (χ0v) is 10.6. The van der Waals surface area contributed by atoms with Gasteiger partial charge in [0.15, 0.2) is 0 Å². The van der Waals surface area contributed by atoms with Gasteiger partial charge in [-0.1, -0.05) is 26.7 Å². The van der Waals surface area contributed by atoms with Gasteiger partial charge in [-0.3, -0.25) is 4.90 Å². The molecule has 1 N–H and O–H groups in total. The van der Waals surface area contributed by atoms with Crippen molar-refractivity contribution in [3.05, 3.63) is 0 Å². The third-order valence-corrected chi connectivity index (χ3v) is 4.42. The molecule has 0 aromatic rings. The molecule has 2 nitrogen and oxygen atoms in total. The first-order chi connectivity index (χ1) is 7.19. The molecule has 2 heterocycles. The Hall–Kier alpha value is -0.0800. The lowest BCUT2D eigenvalue weighted by Gasteiger charge is -2.39. The maximum atomic E-state index is 3.55. The molecule has 15 heavy (non-hydrogen) atoms. The summed E-state index contributed by atoms with van der Waals surface area (Å²) in [6.07, 6.45) is 5.35. The second kappa shape index (κ2) is 4.42. The van der Waals surface area contributed by atoms with Crippen LogP contribution >= 0.6 is 0 Å². The Bertz CT molecular complexity index is 197. The number of hydrogen-bond donors (Lipinski definition) is 1. The van der Waals surface area contributed by atoms with Crippen LogP contribution in [-0.4, -0.2) is 36.1 Å². The van der Waals surface area contributed by atoms with Crippen LogP contribution in [0.25, 0.3) is 0 Å². The van der Waals surface area contributed by atoms with Crippen molar-refractivity contribution in [2.24, 2.45) is 5.92 Å². The van der Waals surface area contributed by atoms with E-state index in [4.69, 9.17) is 0 Å². The highest BCUT2D eigenvalue weighted by Gasteiger charge is 2.44. The van der Waals surface area contributed by atoms with Gasteiger partial charge in [0.2, 0.25) is 0 Å². The van der Waals surface area contributed by atoms with Gasteiger partial charge >= 0.3 is 0 Å². The minimum absolute atomic E-state index is 0.475. The highest BCUT2D eigenvalue weighted by Crippen LogP contribution is 2.34. The standard InChI is InChI=1S/C13H26N2/c1-4-6-13(3,7-5-2)15-9-11-8-14-12(11)10-15/h11-12,14H,4-10H2,1-3H3. The maximum absolute atomic E-state index is 3.55. The van der Waals surface area contributed by atoms with Gasteiger partial charge in [-0.15, -0.1) is 0 Å². The predicted octanol–water partition coefficient (Wildman–Crippen LogP) is 2.25. The largest absolute Gasteiger partial charge is 0.312 e. The van der Waals surface area contributed by atoms with Crippen molar-refractivity contribution in [2.75, 3.05) is 19.6 Å². The molecule has 2 rings (SSSR count). The minimum atomic E-state index is 0.475. The van der Waals surface area contributed by atoms with Gasteiger partial charge in [0.05, 0.1) is 0 Å². The van der Waals surface area contributed by atoms with E-state index in [1.54, 1.807) is 0 Å². The fourth-order valence-electron chi connectivity index (χ4n) is 3.41. The lowest BCUT2D eigenvalue weighted by molar-refractivity contribution is 0.109. The first-order valence-corrected chi connectivity index (χ1v) is 6.68. The number of likely N-dealkylation sites (tertiary alicyclic amines) is 1. The molecular formula is C13H26N2. The molecule has 0 radical (unpaired) electrons. The van der Waals surface area contributed by atoms with Crippen molar-refractivity contribution in [3.8, 4) is 0 Å². The molecule has 88 valence electrons. The molecule has 0 aromatic heterocycles. The fourth-order valence-corrected chi connectivity index (χ4v) is 3.41. The average Bonchev–Trinajstić information content (AvgIpc) is 2.44. The SMILES string of the molecule is CCCC(C)(CCC)N1CC2CNC2C1. The van der Waals surface area contributed by atoms with Crippen LogP contribution in [0.2, 0.25) is 0 Å². The Morgan fingerprint density at radius 2 is 1.87 bits per heavy atom. The quantitative estimate of drug-likeness (QED) is 0.749. The summed E-state index contributed by atoms with van der Waals surface area (Å²) in [6.45, 7) is 11.0. The minimum Gasteiger partial charge on any atom is -0.312 e. The summed E-state index contributed by atoms with van der Waals surface area (Å²) in [5.41, 5.74) is 0.475. The first-order valence-electron chi connectivity index (χ1n) is 6.68. The van der Waals surface area contributed by atoms with E-state index < -0.39 is 0 Å². The van der Waals surface area contributed by atoms with Gasteiger partial charge in [-0.2, -0.15) is 0 Å². The number of hydrogen-bond acceptors (Lipinski definition) is 2. The van der Waals surface area contributed by atoms with Crippen molar-refractivity contribution in [1.82, 2.24) is 10.2 Å². The summed E-state index contributed by atoms with van der Waals surface area (Å²) < 4.78 is 0. The van der Waals surface area contributed by atoms with Gasteiger partial charge < -0.3 is 5.32 Å². The van der Waals surface area contributed by atoms with Gasteiger partial charge in [0.1, 0.15) is 0 Å². The van der Waals surface area contributed by atoms with E-state index >= 15 is 0 Å². The Balaban J connectivity index is 1.97. The van der Waals surface area contributed by atoms with E-state index in [9.17, 15) is 0 Å². The van der Waals surface area contributed by atoms with Crippen molar-refractivity contribution >= 4 is 0 Å². The number of nitrogens with one attached hydrogen (secondary N) is 1. The molecule has 2 fully saturated rings. The Morgan fingerprint density at radius 3 is 2.20 bits per heavy atom. The molecule has 0 aromatic carbocycles. The lowest BCUT2D eigenvalue weighted by atomic mass is 9.89. The molecule has 0 spiro atoms. The van der Waals surface area contributed by atoms with Gasteiger partial charge in [0.25, 0.3) is 0 Å². The lowest BCUT2D eigenvalue weighted by Crippen LogP contribution is -2.52. The molecule has 0 aliphatic carbocycles. The second-order valence-electron chi connectivity index (χ2n) is 5.68. The number of nitrogens with zero attached hydrogens (tertiary/aromatic N) is 1. The van der Waals surface area contributed by atoms with E-state index in [1.807, 2.05) is 0 Å². The fraction of sp³-hybridized carbons (Fsp3) is 1.00. The Labute approximate surface area is 94.4 Å². The average molecular weight is 210 g/mol. The Kier molecular flexibility index (Phi) is 3.36. The molecule has 2 saturated heterocycles. The van der Waals surface area contributed by atoms with Crippen LogP contribution in [0.1, 0.15) is 46.5 Å². The van der Waals surface area contributed by atoms with E-state index in [0.29, 0.717) is 5.54 Å². The molecular weight excluding hydrogens is 184 g/mol. The van der Waals surface area contributed by atoms with Crippen molar-refractivity contribution in [1.29, 1.82) is 0 Å². The van der Waals surface area contributed by atoms with Crippen LogP contribution < -0.4 is 5.32 Å². The van der Waals surface area contributed by atoms with Gasteiger partial charge in [0, 0.05) is 37.1 Å². The molecule has 2 atom stereocenters. The van der Waals surface area contributed by atoms with Crippen LogP contribution in [0.3, 0.4) is 0 Å². The smallest absolute Gasteiger partial charge is 0.0247 e. The van der Waals surface area contributed by atoms with E-state index in [-0.39, 0.29) is 0 Å². The number of rotatable bonds is 5. The zero-order chi connectivity index (χ0) is 10.9. The van der Waals surface area contributed by atoms with Crippen LogP contribution in [0.4, 0.5) is 0 Å². The summed E-state index contributed by atoms with van der Waals surface area (Å²) in [4.78, 5) is 2.76. The molecule has 0 amide bonds. The van der Waals surface area contributed by atoms with E-state index in [1.165, 1.54) is 45.3 Å². The van der Waals surface area contributed by atoms with Crippen LogP contribution in [0, 0.1) is 5.92 Å². The highest BCUT2D eigenvalue weighted by atomic mass is 15.3. The molecule has 2 aliphatic rings. The monoisotopic (exact) mass is 210 g/mol. The molecule has 2 unspecified atom stereocenters. The van der Waals surface area contributed by atoms with E-state index in [0.717, 1.165) is 12.0 Å². The topological polar surface area (TPSA) is 15.3 Å². The summed E-state index contributed by atoms with van der Waals surface area (Å²) in [5.74, 6) is 0.957. The van der Waals surface area contributed by atoms with Gasteiger partial charge in [-0.25, -0.2) is 0 Å². The summed E-state index contributed by atoms with van der Waals surface area (Å²) in [5, 5.41) is 3.55. The predicted molar refractivity (Wildman–Crippen MR) is 65.1 cm³/mol. The summed E-state index contributed by atoms with van der Waals surface area (Å²) in [6, 6.07) is 0.818. The second-order valence-corrected chi connectivity index (χ2v) is 5.68. The van der Waals surface area contributed by atoms with Crippen molar-refractivity contribution < 1.29 is 0 Å². The third-order valence-electron chi connectivity index (χ3n) is 4.42. The molecule has 0 bridgehead atoms. The molecule has 0 saturated carbocycles. The number of fused-ring (bicyclic) bond motifs is 1.